The first kappa shape index (κ1) is 21.5. The lowest BCUT2D eigenvalue weighted by molar-refractivity contribution is -0.135. The number of anilines is 1. The van der Waals surface area contributed by atoms with Gasteiger partial charge in [-0.3, -0.25) is 9.59 Å². The first-order valence-corrected chi connectivity index (χ1v) is 11.1. The molecule has 0 bridgehead atoms. The van der Waals surface area contributed by atoms with Crippen molar-refractivity contribution in [2.75, 3.05) is 18.1 Å². The number of ether oxygens (including phenoxy) is 1. The Labute approximate surface area is 194 Å². The van der Waals surface area contributed by atoms with Gasteiger partial charge in [0.15, 0.2) is 11.4 Å². The van der Waals surface area contributed by atoms with Crippen molar-refractivity contribution in [3.05, 3.63) is 93.1 Å². The van der Waals surface area contributed by atoms with Crippen LogP contribution in [0.1, 0.15) is 27.9 Å². The number of ketones is 1. The molecule has 6 heteroatoms. The Balaban J connectivity index is 1.54. The Hall–Kier alpha value is -2.71. The lowest BCUT2D eigenvalue weighted by Gasteiger charge is -2.23. The van der Waals surface area contributed by atoms with Gasteiger partial charge in [0.1, 0.15) is 12.4 Å². The summed E-state index contributed by atoms with van der Waals surface area (Å²) in [7, 11) is 0. The average Bonchev–Trinajstić information content (AvgIpc) is 2.97. The summed E-state index contributed by atoms with van der Waals surface area (Å²) in [6.45, 7) is 2.50. The fraction of sp³-hybridized carbons (Fsp3) is 0.200. The minimum atomic E-state index is -1.89. The molecule has 1 heterocycles. The van der Waals surface area contributed by atoms with Gasteiger partial charge in [-0.1, -0.05) is 48.5 Å². The number of para-hydroxylation sites is 2. The smallest absolute Gasteiger partial charge is 0.264 e. The molecule has 0 saturated carbocycles. The third-order valence-corrected chi connectivity index (χ3v) is 6.21. The third kappa shape index (κ3) is 4.22. The van der Waals surface area contributed by atoms with E-state index in [0.29, 0.717) is 16.8 Å². The van der Waals surface area contributed by atoms with Crippen molar-refractivity contribution in [2.45, 2.75) is 18.9 Å². The van der Waals surface area contributed by atoms with E-state index in [2.05, 4.69) is 22.6 Å². The second-order valence-corrected chi connectivity index (χ2v) is 8.80. The highest BCUT2D eigenvalue weighted by Crippen LogP contribution is 2.42. The number of aliphatic hydroxyl groups is 1. The minimum Gasteiger partial charge on any atom is -0.491 e. The molecule has 1 N–H and O–H groups in total. The summed E-state index contributed by atoms with van der Waals surface area (Å²) in [4.78, 5) is 27.6. The number of nitrogens with zero attached hydrogens (tertiary/aromatic N) is 1. The van der Waals surface area contributed by atoms with Crippen LogP contribution in [0.25, 0.3) is 0 Å². The molecule has 3 aromatic carbocycles. The fourth-order valence-corrected chi connectivity index (χ4v) is 4.19. The maximum atomic E-state index is 13.3. The molecule has 31 heavy (non-hydrogen) atoms. The van der Waals surface area contributed by atoms with Crippen LogP contribution in [0.4, 0.5) is 5.69 Å². The summed E-state index contributed by atoms with van der Waals surface area (Å²) in [5.74, 6) is -0.0208. The summed E-state index contributed by atoms with van der Waals surface area (Å²) in [6.07, 6.45) is -0.307. The van der Waals surface area contributed by atoms with Gasteiger partial charge < -0.3 is 14.7 Å². The normalized spacial score (nSPS) is 17.5. The lowest BCUT2D eigenvalue weighted by Crippen LogP contribution is -2.43. The van der Waals surface area contributed by atoms with Crippen molar-refractivity contribution in [1.82, 2.24) is 0 Å². The molecule has 0 spiro atoms. The van der Waals surface area contributed by atoms with E-state index in [-0.39, 0.29) is 25.4 Å². The number of benzene rings is 3. The largest absolute Gasteiger partial charge is 0.491 e. The van der Waals surface area contributed by atoms with Crippen molar-refractivity contribution in [2.24, 2.45) is 0 Å². The van der Waals surface area contributed by atoms with Gasteiger partial charge in [-0.25, -0.2) is 0 Å². The van der Waals surface area contributed by atoms with Gasteiger partial charge in [0.25, 0.3) is 5.91 Å². The highest BCUT2D eigenvalue weighted by atomic mass is 127. The molecule has 0 aromatic heterocycles. The highest BCUT2D eigenvalue weighted by molar-refractivity contribution is 14.1. The molecule has 5 nitrogen and oxygen atoms in total. The van der Waals surface area contributed by atoms with Crippen LogP contribution in [-0.2, 0) is 10.4 Å². The maximum Gasteiger partial charge on any atom is 0.264 e. The van der Waals surface area contributed by atoms with E-state index in [1.54, 1.807) is 30.3 Å². The molecule has 4 rings (SSSR count). The Morgan fingerprint density at radius 3 is 2.45 bits per heavy atom. The van der Waals surface area contributed by atoms with Gasteiger partial charge in [0, 0.05) is 14.7 Å². The van der Waals surface area contributed by atoms with Gasteiger partial charge >= 0.3 is 0 Å². The summed E-state index contributed by atoms with van der Waals surface area (Å²) in [5.41, 5.74) is 0.656. The van der Waals surface area contributed by atoms with Crippen LogP contribution in [0.15, 0.2) is 72.8 Å². The van der Waals surface area contributed by atoms with Gasteiger partial charge in [0.05, 0.1) is 18.7 Å². The number of rotatable bonds is 7. The summed E-state index contributed by atoms with van der Waals surface area (Å²) in [6, 6.07) is 21.8. The third-order valence-electron chi connectivity index (χ3n) is 5.49. The molecule has 1 aliphatic heterocycles. The summed E-state index contributed by atoms with van der Waals surface area (Å²) < 4.78 is 6.86. The topological polar surface area (TPSA) is 66.8 Å². The van der Waals surface area contributed by atoms with Gasteiger partial charge in [-0.05, 0) is 59.3 Å². The number of carbonyl (C=O) groups excluding carboxylic acids is 2. The zero-order valence-electron chi connectivity index (χ0n) is 17.0. The number of hydrogen-bond donors (Lipinski definition) is 1. The van der Waals surface area contributed by atoms with Crippen molar-refractivity contribution in [3.63, 3.8) is 0 Å². The number of aryl methyl sites for hydroxylation is 1. The van der Waals surface area contributed by atoms with Crippen LogP contribution >= 0.6 is 22.6 Å². The second kappa shape index (κ2) is 8.80. The van der Waals surface area contributed by atoms with E-state index in [0.717, 1.165) is 14.9 Å². The predicted octanol–water partition coefficient (Wildman–Crippen LogP) is 4.49. The standard InChI is InChI=1S/C25H22INO4/c1-17-6-2-5-9-23(17)31-15-14-27-21-8-4-3-7-20(21)25(30,24(27)29)16-22(28)18-10-12-19(26)13-11-18/h2-13,30H,14-16H2,1H3. The van der Waals surface area contributed by atoms with Crippen LogP contribution < -0.4 is 9.64 Å². The zero-order chi connectivity index (χ0) is 22.0. The van der Waals surface area contributed by atoms with Gasteiger partial charge in [0.2, 0.25) is 0 Å². The van der Waals surface area contributed by atoms with Crippen molar-refractivity contribution in [1.29, 1.82) is 0 Å². The Bertz CT molecular complexity index is 1130. The number of halogens is 1. The number of hydrogen-bond acceptors (Lipinski definition) is 4. The summed E-state index contributed by atoms with van der Waals surface area (Å²) >= 11 is 2.16. The quantitative estimate of drug-likeness (QED) is 0.364. The molecule has 0 radical (unpaired) electrons. The molecular formula is C25H22INO4. The number of fused-ring (bicyclic) bond motifs is 1. The highest BCUT2D eigenvalue weighted by Gasteiger charge is 2.50. The van der Waals surface area contributed by atoms with Gasteiger partial charge in [-0.2, -0.15) is 0 Å². The Kier molecular flexibility index (Phi) is 6.11. The van der Waals surface area contributed by atoms with Crippen LogP contribution in [0.2, 0.25) is 0 Å². The lowest BCUT2D eigenvalue weighted by atomic mass is 9.88. The molecule has 1 atom stereocenters. The van der Waals surface area contributed by atoms with Gasteiger partial charge in [-0.15, -0.1) is 0 Å². The average molecular weight is 527 g/mol. The van der Waals surface area contributed by atoms with Crippen molar-refractivity contribution in [3.8, 4) is 5.75 Å². The molecule has 0 fully saturated rings. The molecule has 1 amide bonds. The van der Waals surface area contributed by atoms with Crippen LogP contribution in [0.5, 0.6) is 5.75 Å². The van der Waals surface area contributed by atoms with Crippen molar-refractivity contribution < 1.29 is 19.4 Å². The first-order valence-electron chi connectivity index (χ1n) is 10.0. The first-order chi connectivity index (χ1) is 14.9. The molecule has 158 valence electrons. The number of carbonyl (C=O) groups is 2. The van der Waals surface area contributed by atoms with Crippen molar-refractivity contribution >= 4 is 40.0 Å². The molecular weight excluding hydrogens is 505 g/mol. The monoisotopic (exact) mass is 527 g/mol. The predicted molar refractivity (Wildman–Crippen MR) is 127 cm³/mol. The van der Waals surface area contributed by atoms with E-state index in [1.165, 1.54) is 4.90 Å². The Morgan fingerprint density at radius 1 is 1.03 bits per heavy atom. The maximum absolute atomic E-state index is 13.3. The van der Waals surface area contributed by atoms with E-state index in [4.69, 9.17) is 4.74 Å². The van der Waals surface area contributed by atoms with E-state index >= 15 is 0 Å². The number of amides is 1. The second-order valence-electron chi connectivity index (χ2n) is 7.56. The molecule has 1 unspecified atom stereocenters. The van der Waals surface area contributed by atoms with E-state index in [9.17, 15) is 14.7 Å². The fourth-order valence-electron chi connectivity index (χ4n) is 3.83. The molecule has 3 aromatic rings. The molecule has 0 saturated heterocycles. The summed E-state index contributed by atoms with van der Waals surface area (Å²) in [5, 5.41) is 11.4. The van der Waals surface area contributed by atoms with Crippen LogP contribution in [0.3, 0.4) is 0 Å². The van der Waals surface area contributed by atoms with E-state index in [1.807, 2.05) is 49.4 Å². The van der Waals surface area contributed by atoms with E-state index < -0.39 is 11.5 Å². The molecule has 0 aliphatic carbocycles. The minimum absolute atomic E-state index is 0.268. The Morgan fingerprint density at radius 2 is 1.71 bits per heavy atom. The SMILES string of the molecule is Cc1ccccc1OCCN1C(=O)C(O)(CC(=O)c2ccc(I)cc2)c2ccccc21. The van der Waals surface area contributed by atoms with Crippen LogP contribution in [-0.4, -0.2) is 29.9 Å². The number of Topliss-reactive ketones (excluding diaryl/α,β-unsaturated/α-hetero) is 1. The zero-order valence-corrected chi connectivity index (χ0v) is 19.2. The van der Waals surface area contributed by atoms with Crippen LogP contribution in [0, 0.1) is 10.5 Å². The molecule has 1 aliphatic rings.